The fourth-order valence-corrected chi connectivity index (χ4v) is 5.31. The van der Waals surface area contributed by atoms with Crippen molar-refractivity contribution >= 4 is 46.2 Å². The fourth-order valence-electron chi connectivity index (χ4n) is 5.13. The monoisotopic (exact) mass is 559 g/mol. The molecule has 9 heteroatoms. The van der Waals surface area contributed by atoms with Crippen LogP contribution in [0.2, 0.25) is 5.02 Å². The van der Waals surface area contributed by atoms with Gasteiger partial charge in [-0.3, -0.25) is 24.4 Å². The third kappa shape index (κ3) is 6.42. The number of nitrogens with one attached hydrogen (secondary N) is 1. The highest BCUT2D eigenvalue weighted by Crippen LogP contribution is 2.37. The highest BCUT2D eigenvalue weighted by molar-refractivity contribution is 6.31. The molecular formula is C31H34ClN5O3. The number of halogens is 1. The summed E-state index contributed by atoms with van der Waals surface area (Å²) >= 11 is 6.17. The lowest BCUT2D eigenvalue weighted by Crippen LogP contribution is -2.50. The number of fused-ring (bicyclic) bond motifs is 1. The molecule has 1 saturated heterocycles. The molecule has 3 aromatic carbocycles. The Labute approximate surface area is 240 Å². The molecule has 0 radical (unpaired) electrons. The second-order valence-electron chi connectivity index (χ2n) is 10.1. The maximum absolute atomic E-state index is 13.1. The van der Waals surface area contributed by atoms with Crippen molar-refractivity contribution in [1.29, 1.82) is 0 Å². The molecule has 1 atom stereocenters. The maximum atomic E-state index is 13.1. The van der Waals surface area contributed by atoms with Crippen molar-refractivity contribution in [3.05, 3.63) is 88.9 Å². The van der Waals surface area contributed by atoms with Crippen LogP contribution in [0.25, 0.3) is 0 Å². The van der Waals surface area contributed by atoms with Crippen LogP contribution >= 0.6 is 11.6 Å². The van der Waals surface area contributed by atoms with Gasteiger partial charge in [0.2, 0.25) is 11.8 Å². The second-order valence-corrected chi connectivity index (χ2v) is 10.5. The number of amides is 2. The Morgan fingerprint density at radius 1 is 1.02 bits per heavy atom. The number of likely N-dealkylation sites (N-methyl/N-ethyl adjacent to an activating group) is 1. The van der Waals surface area contributed by atoms with Gasteiger partial charge in [-0.1, -0.05) is 48.0 Å². The van der Waals surface area contributed by atoms with Crippen molar-refractivity contribution in [2.24, 2.45) is 4.99 Å². The number of hydrogen-bond donors (Lipinski definition) is 1. The van der Waals surface area contributed by atoms with Crippen LogP contribution in [-0.2, 0) is 14.3 Å². The van der Waals surface area contributed by atoms with Crippen LogP contribution in [0.15, 0.2) is 77.8 Å². The van der Waals surface area contributed by atoms with Crippen LogP contribution in [-0.4, -0.2) is 87.4 Å². The van der Waals surface area contributed by atoms with Crippen LogP contribution in [0.5, 0.6) is 0 Å². The Balaban J connectivity index is 1.31. The third-order valence-electron chi connectivity index (χ3n) is 7.49. The molecule has 8 nitrogen and oxygen atoms in total. The summed E-state index contributed by atoms with van der Waals surface area (Å²) in [5, 5.41) is 3.51. The fraction of sp³-hybridized carbons (Fsp3) is 0.323. The van der Waals surface area contributed by atoms with Gasteiger partial charge >= 0.3 is 0 Å². The highest BCUT2D eigenvalue weighted by Gasteiger charge is 2.35. The molecule has 1 unspecified atom stereocenters. The Bertz CT molecular complexity index is 1370. The minimum atomic E-state index is -0.562. The molecule has 2 aliphatic rings. The van der Waals surface area contributed by atoms with Crippen LogP contribution in [0.1, 0.15) is 17.0 Å². The minimum absolute atomic E-state index is 0.0458. The zero-order chi connectivity index (χ0) is 28.1. The summed E-state index contributed by atoms with van der Waals surface area (Å²) in [6.07, 6.45) is 0. The molecule has 40 heavy (non-hydrogen) atoms. The van der Waals surface area contributed by atoms with Gasteiger partial charge in [0.05, 0.1) is 24.6 Å². The number of carbonyl (C=O) groups excluding carboxylic acids is 2. The number of methoxy groups -OCH3 is 1. The number of piperazine rings is 1. The summed E-state index contributed by atoms with van der Waals surface area (Å²) in [6.45, 7) is 5.63. The number of aliphatic imine (C=N–C) groups is 1. The molecule has 0 aliphatic carbocycles. The van der Waals surface area contributed by atoms with Gasteiger partial charge in [0.25, 0.3) is 0 Å². The first-order chi connectivity index (χ1) is 19.4. The summed E-state index contributed by atoms with van der Waals surface area (Å²) in [6, 6.07) is 22.7. The Hall–Kier alpha value is -3.56. The molecule has 0 saturated carbocycles. The number of anilines is 2. The zero-order valence-electron chi connectivity index (χ0n) is 22.8. The van der Waals surface area contributed by atoms with Crippen LogP contribution in [0.4, 0.5) is 17.1 Å². The average Bonchev–Trinajstić information content (AvgIpc) is 3.30. The summed E-state index contributed by atoms with van der Waals surface area (Å²) in [4.78, 5) is 37.3. The van der Waals surface area contributed by atoms with Crippen LogP contribution in [0.3, 0.4) is 0 Å². The molecular weight excluding hydrogens is 526 g/mol. The zero-order valence-corrected chi connectivity index (χ0v) is 23.6. The van der Waals surface area contributed by atoms with Gasteiger partial charge in [-0.25, -0.2) is 0 Å². The molecule has 0 spiro atoms. The molecule has 5 rings (SSSR count). The third-order valence-corrected chi connectivity index (χ3v) is 7.72. The smallest absolute Gasteiger partial charge is 0.240 e. The lowest BCUT2D eigenvalue weighted by molar-refractivity contribution is -0.120. The molecule has 2 aliphatic heterocycles. The quantitative estimate of drug-likeness (QED) is 0.393. The first-order valence-electron chi connectivity index (χ1n) is 13.5. The molecule has 208 valence electrons. The van der Waals surface area contributed by atoms with E-state index in [-0.39, 0.29) is 11.8 Å². The summed E-state index contributed by atoms with van der Waals surface area (Å²) in [5.74, 6) is -0.653. The Morgan fingerprint density at radius 2 is 1.73 bits per heavy atom. The van der Waals surface area contributed by atoms with Gasteiger partial charge in [0, 0.05) is 63.3 Å². The predicted octanol–water partition coefficient (Wildman–Crippen LogP) is 4.42. The van der Waals surface area contributed by atoms with Gasteiger partial charge in [0.15, 0.2) is 0 Å². The van der Waals surface area contributed by atoms with Gasteiger partial charge in [-0.2, -0.15) is 0 Å². The van der Waals surface area contributed by atoms with E-state index in [0.29, 0.717) is 28.7 Å². The van der Waals surface area contributed by atoms with Crippen molar-refractivity contribution in [2.75, 3.05) is 70.2 Å². The predicted molar refractivity (Wildman–Crippen MR) is 160 cm³/mol. The second kappa shape index (κ2) is 12.7. The highest BCUT2D eigenvalue weighted by atomic mass is 35.5. The average molecular weight is 560 g/mol. The van der Waals surface area contributed by atoms with E-state index in [4.69, 9.17) is 21.3 Å². The molecule has 1 N–H and O–H groups in total. The lowest BCUT2D eigenvalue weighted by Gasteiger charge is -2.34. The number of carbonyl (C=O) groups is 2. The van der Waals surface area contributed by atoms with Crippen molar-refractivity contribution in [3.63, 3.8) is 0 Å². The van der Waals surface area contributed by atoms with Crippen molar-refractivity contribution < 1.29 is 14.3 Å². The van der Waals surface area contributed by atoms with E-state index < -0.39 is 5.92 Å². The maximum Gasteiger partial charge on any atom is 0.240 e. The van der Waals surface area contributed by atoms with E-state index in [1.54, 1.807) is 31.2 Å². The summed E-state index contributed by atoms with van der Waals surface area (Å²) in [5.41, 5.74) is 4.56. The van der Waals surface area contributed by atoms with E-state index in [9.17, 15) is 9.59 Å². The molecule has 1 fully saturated rings. The number of rotatable bonds is 9. The van der Waals surface area contributed by atoms with E-state index in [0.717, 1.165) is 56.1 Å². The van der Waals surface area contributed by atoms with Crippen LogP contribution < -0.4 is 10.2 Å². The molecule has 0 bridgehead atoms. The molecule has 0 aromatic heterocycles. The van der Waals surface area contributed by atoms with E-state index in [1.807, 2.05) is 60.7 Å². The van der Waals surface area contributed by atoms with E-state index in [1.165, 1.54) is 0 Å². The van der Waals surface area contributed by atoms with Crippen molar-refractivity contribution in [1.82, 2.24) is 9.80 Å². The molecule has 2 heterocycles. The van der Waals surface area contributed by atoms with Gasteiger partial charge in [0.1, 0.15) is 5.92 Å². The number of nitrogens with zero attached hydrogens (tertiary/aromatic N) is 4. The Morgan fingerprint density at radius 3 is 2.42 bits per heavy atom. The number of benzene rings is 3. The van der Waals surface area contributed by atoms with E-state index >= 15 is 0 Å². The number of hydrogen-bond acceptors (Lipinski definition) is 6. The standard InChI is InChI=1S/C31H34ClN5O3/c1-35(28(38)21-37-16-14-36(15-17-37)18-19-40-2)25-11-9-24(10-12-25)33-30(22-6-4-3-5-7-22)29-26-13-8-23(32)20-27(26)34-31(29)39/h3-13,20,29H,14-19,21H2,1-2H3,(H,34,39). The first kappa shape index (κ1) is 28.0. The SMILES string of the molecule is COCCN1CCN(CC(=O)N(C)c2ccc(N=C(c3ccccc3)C3C(=O)Nc4cc(Cl)ccc43)cc2)CC1. The number of ether oxygens (including phenoxy) is 1. The molecule has 3 aromatic rings. The summed E-state index contributed by atoms with van der Waals surface area (Å²) in [7, 11) is 3.52. The first-order valence-corrected chi connectivity index (χ1v) is 13.9. The lowest BCUT2D eigenvalue weighted by atomic mass is 9.90. The normalized spacial score (nSPS) is 17.9. The molecule has 2 amide bonds. The largest absolute Gasteiger partial charge is 0.383 e. The minimum Gasteiger partial charge on any atom is -0.383 e. The van der Waals surface area contributed by atoms with Crippen LogP contribution in [0, 0.1) is 0 Å². The van der Waals surface area contributed by atoms with Crippen molar-refractivity contribution in [3.8, 4) is 0 Å². The van der Waals surface area contributed by atoms with Crippen molar-refractivity contribution in [2.45, 2.75) is 5.92 Å². The summed E-state index contributed by atoms with van der Waals surface area (Å²) < 4.78 is 5.17. The van der Waals surface area contributed by atoms with Gasteiger partial charge < -0.3 is 15.0 Å². The van der Waals surface area contributed by atoms with E-state index in [2.05, 4.69) is 15.1 Å². The Kier molecular flexibility index (Phi) is 8.91. The van der Waals surface area contributed by atoms with Gasteiger partial charge in [-0.05, 0) is 47.5 Å². The topological polar surface area (TPSA) is 77.5 Å². The van der Waals surface area contributed by atoms with Gasteiger partial charge in [-0.15, -0.1) is 0 Å².